The van der Waals surface area contributed by atoms with E-state index in [1.807, 2.05) is 24.3 Å². The SMILES string of the molecule is CC(C)c1ccc(OCCCC(CN)c2ccccc2F)cc1. The van der Waals surface area contributed by atoms with Gasteiger partial charge in [0.15, 0.2) is 0 Å². The maximum atomic E-state index is 13.8. The van der Waals surface area contributed by atoms with Gasteiger partial charge in [-0.25, -0.2) is 4.39 Å². The van der Waals surface area contributed by atoms with Gasteiger partial charge < -0.3 is 10.5 Å². The Kier molecular flexibility index (Phi) is 6.60. The Bertz CT molecular complexity index is 595. The zero-order valence-corrected chi connectivity index (χ0v) is 14.0. The van der Waals surface area contributed by atoms with Crippen molar-refractivity contribution in [3.63, 3.8) is 0 Å². The summed E-state index contributed by atoms with van der Waals surface area (Å²) < 4.78 is 19.6. The van der Waals surface area contributed by atoms with Gasteiger partial charge in [-0.1, -0.05) is 44.2 Å². The van der Waals surface area contributed by atoms with E-state index in [1.54, 1.807) is 6.07 Å². The lowest BCUT2D eigenvalue weighted by Crippen LogP contribution is -2.15. The fraction of sp³-hybridized carbons (Fsp3) is 0.400. The van der Waals surface area contributed by atoms with Crippen LogP contribution >= 0.6 is 0 Å². The average molecular weight is 315 g/mol. The number of hydrogen-bond donors (Lipinski definition) is 1. The Morgan fingerprint density at radius 1 is 1.04 bits per heavy atom. The zero-order chi connectivity index (χ0) is 16.7. The Morgan fingerprint density at radius 2 is 1.74 bits per heavy atom. The predicted octanol–water partition coefficient (Wildman–Crippen LogP) is 4.85. The molecular weight excluding hydrogens is 289 g/mol. The molecule has 0 spiro atoms. The highest BCUT2D eigenvalue weighted by Gasteiger charge is 2.13. The summed E-state index contributed by atoms with van der Waals surface area (Å²) in [5.41, 5.74) is 7.82. The van der Waals surface area contributed by atoms with Gasteiger partial charge in [-0.2, -0.15) is 0 Å². The second kappa shape index (κ2) is 8.68. The van der Waals surface area contributed by atoms with E-state index >= 15 is 0 Å². The molecule has 124 valence electrons. The van der Waals surface area contributed by atoms with Crippen molar-refractivity contribution in [2.24, 2.45) is 5.73 Å². The lowest BCUT2D eigenvalue weighted by Gasteiger charge is -2.16. The number of hydrogen-bond acceptors (Lipinski definition) is 2. The molecule has 0 heterocycles. The van der Waals surface area contributed by atoms with Crippen LogP contribution in [-0.2, 0) is 0 Å². The van der Waals surface area contributed by atoms with Gasteiger partial charge in [0.05, 0.1) is 6.61 Å². The number of ether oxygens (including phenoxy) is 1. The highest BCUT2D eigenvalue weighted by molar-refractivity contribution is 5.28. The monoisotopic (exact) mass is 315 g/mol. The molecule has 0 saturated carbocycles. The zero-order valence-electron chi connectivity index (χ0n) is 14.0. The molecule has 0 aromatic heterocycles. The van der Waals surface area contributed by atoms with E-state index in [4.69, 9.17) is 10.5 Å². The van der Waals surface area contributed by atoms with Gasteiger partial charge in [0, 0.05) is 0 Å². The molecule has 2 aromatic rings. The van der Waals surface area contributed by atoms with Crippen molar-refractivity contribution in [3.05, 3.63) is 65.5 Å². The first-order valence-corrected chi connectivity index (χ1v) is 8.29. The van der Waals surface area contributed by atoms with Gasteiger partial charge in [0.1, 0.15) is 11.6 Å². The van der Waals surface area contributed by atoms with Crippen molar-refractivity contribution < 1.29 is 9.13 Å². The maximum absolute atomic E-state index is 13.8. The standard InChI is InChI=1S/C20H26FNO/c1-15(2)16-9-11-18(12-10-16)23-13-5-6-17(14-22)19-7-3-4-8-20(19)21/h3-4,7-12,15,17H,5-6,13-14,22H2,1-2H3. The summed E-state index contributed by atoms with van der Waals surface area (Å²) in [5, 5.41) is 0. The third kappa shape index (κ3) is 5.07. The summed E-state index contributed by atoms with van der Waals surface area (Å²) in [7, 11) is 0. The Labute approximate surface area is 138 Å². The Hall–Kier alpha value is -1.87. The summed E-state index contributed by atoms with van der Waals surface area (Å²) >= 11 is 0. The fourth-order valence-corrected chi connectivity index (χ4v) is 2.68. The van der Waals surface area contributed by atoms with Gasteiger partial charge in [-0.3, -0.25) is 0 Å². The summed E-state index contributed by atoms with van der Waals surface area (Å²) in [6, 6.07) is 15.1. The van der Waals surface area contributed by atoms with Crippen LogP contribution in [0.5, 0.6) is 5.75 Å². The van der Waals surface area contributed by atoms with Crippen molar-refractivity contribution in [1.82, 2.24) is 0 Å². The molecule has 1 unspecified atom stereocenters. The molecule has 2 N–H and O–H groups in total. The minimum atomic E-state index is -0.173. The largest absolute Gasteiger partial charge is 0.494 e. The van der Waals surface area contributed by atoms with Crippen LogP contribution in [0.4, 0.5) is 4.39 Å². The van der Waals surface area contributed by atoms with Gasteiger partial charge in [0.2, 0.25) is 0 Å². The highest BCUT2D eigenvalue weighted by atomic mass is 19.1. The summed E-state index contributed by atoms with van der Waals surface area (Å²) in [6.45, 7) is 5.41. The molecule has 0 aliphatic rings. The molecule has 0 amide bonds. The van der Waals surface area contributed by atoms with Gasteiger partial charge >= 0.3 is 0 Å². The first-order valence-electron chi connectivity index (χ1n) is 8.29. The number of benzene rings is 2. The second-order valence-corrected chi connectivity index (χ2v) is 6.17. The van der Waals surface area contributed by atoms with E-state index in [0.717, 1.165) is 18.6 Å². The molecule has 2 aromatic carbocycles. The number of rotatable bonds is 8. The molecule has 0 radical (unpaired) electrons. The highest BCUT2D eigenvalue weighted by Crippen LogP contribution is 2.23. The molecule has 0 aliphatic heterocycles. The smallest absolute Gasteiger partial charge is 0.126 e. The Morgan fingerprint density at radius 3 is 2.35 bits per heavy atom. The molecule has 2 rings (SSSR count). The number of nitrogens with two attached hydrogens (primary N) is 1. The predicted molar refractivity (Wildman–Crippen MR) is 93.5 cm³/mol. The molecule has 0 aliphatic carbocycles. The van der Waals surface area contributed by atoms with E-state index in [9.17, 15) is 4.39 Å². The van der Waals surface area contributed by atoms with E-state index in [1.165, 1.54) is 11.6 Å². The third-order valence-electron chi connectivity index (χ3n) is 4.14. The van der Waals surface area contributed by atoms with Crippen LogP contribution in [-0.4, -0.2) is 13.2 Å². The first kappa shape index (κ1) is 17.5. The normalized spacial score (nSPS) is 12.4. The second-order valence-electron chi connectivity index (χ2n) is 6.17. The van der Waals surface area contributed by atoms with Crippen LogP contribution in [0, 0.1) is 5.82 Å². The van der Waals surface area contributed by atoms with Crippen LogP contribution in [0.15, 0.2) is 48.5 Å². The van der Waals surface area contributed by atoms with Gasteiger partial charge in [-0.15, -0.1) is 0 Å². The maximum Gasteiger partial charge on any atom is 0.126 e. The third-order valence-corrected chi connectivity index (χ3v) is 4.14. The van der Waals surface area contributed by atoms with Gasteiger partial charge in [0.25, 0.3) is 0 Å². The minimum absolute atomic E-state index is 0.0446. The number of halogens is 1. The van der Waals surface area contributed by atoms with Crippen LogP contribution in [0.3, 0.4) is 0 Å². The molecule has 23 heavy (non-hydrogen) atoms. The lowest BCUT2D eigenvalue weighted by atomic mass is 9.94. The van der Waals surface area contributed by atoms with E-state index in [-0.39, 0.29) is 11.7 Å². The van der Waals surface area contributed by atoms with Crippen molar-refractivity contribution in [3.8, 4) is 5.75 Å². The average Bonchev–Trinajstić information content (AvgIpc) is 2.56. The fourth-order valence-electron chi connectivity index (χ4n) is 2.68. The summed E-state index contributed by atoms with van der Waals surface area (Å²) in [5.74, 6) is 1.27. The molecule has 1 atom stereocenters. The van der Waals surface area contributed by atoms with Gasteiger partial charge in [-0.05, 0) is 60.5 Å². The molecule has 0 fully saturated rings. The van der Waals surface area contributed by atoms with E-state index in [2.05, 4.69) is 26.0 Å². The molecule has 0 bridgehead atoms. The molecule has 0 saturated heterocycles. The van der Waals surface area contributed by atoms with Crippen molar-refractivity contribution >= 4 is 0 Å². The van der Waals surface area contributed by atoms with Crippen molar-refractivity contribution in [2.45, 2.75) is 38.5 Å². The molecular formula is C20H26FNO. The molecule has 3 heteroatoms. The first-order chi connectivity index (χ1) is 11.1. The Balaban J connectivity index is 1.81. The topological polar surface area (TPSA) is 35.2 Å². The minimum Gasteiger partial charge on any atom is -0.494 e. The summed E-state index contributed by atoms with van der Waals surface area (Å²) in [4.78, 5) is 0. The van der Waals surface area contributed by atoms with Crippen LogP contribution in [0.25, 0.3) is 0 Å². The van der Waals surface area contributed by atoms with Crippen LogP contribution < -0.4 is 10.5 Å². The lowest BCUT2D eigenvalue weighted by molar-refractivity contribution is 0.301. The van der Waals surface area contributed by atoms with Crippen LogP contribution in [0.1, 0.15) is 49.7 Å². The van der Waals surface area contributed by atoms with Crippen molar-refractivity contribution in [1.29, 1.82) is 0 Å². The van der Waals surface area contributed by atoms with Crippen molar-refractivity contribution in [2.75, 3.05) is 13.2 Å². The van der Waals surface area contributed by atoms with E-state index in [0.29, 0.717) is 24.6 Å². The van der Waals surface area contributed by atoms with E-state index < -0.39 is 0 Å². The van der Waals surface area contributed by atoms with Crippen LogP contribution in [0.2, 0.25) is 0 Å². The summed E-state index contributed by atoms with van der Waals surface area (Å²) in [6.07, 6.45) is 1.67. The molecule has 2 nitrogen and oxygen atoms in total. The quantitative estimate of drug-likeness (QED) is 0.707.